The van der Waals surface area contributed by atoms with Crippen LogP contribution in [0.2, 0.25) is 0 Å². The average molecular weight is 310 g/mol. The second-order valence-electron chi connectivity index (χ2n) is 6.03. The zero-order valence-electron chi connectivity index (χ0n) is 12.6. The molecule has 1 unspecified atom stereocenters. The lowest BCUT2D eigenvalue weighted by Crippen LogP contribution is -2.28. The minimum atomic E-state index is -0.379. The Balaban J connectivity index is 1.50. The van der Waals surface area contributed by atoms with E-state index in [1.54, 1.807) is 18.6 Å². The number of aromatic nitrogens is 5. The van der Waals surface area contributed by atoms with Crippen LogP contribution >= 0.6 is 0 Å². The number of rotatable bonds is 4. The molecule has 118 valence electrons. The molecule has 1 aliphatic carbocycles. The van der Waals surface area contributed by atoms with Crippen molar-refractivity contribution < 1.29 is 5.11 Å². The largest absolute Gasteiger partial charge is 0.391 e. The first-order chi connectivity index (χ1) is 11.3. The summed E-state index contributed by atoms with van der Waals surface area (Å²) in [7, 11) is 0. The Bertz CT molecular complexity index is 785. The molecule has 7 heteroatoms. The third kappa shape index (κ3) is 2.87. The molecule has 1 saturated carbocycles. The SMILES string of the molecule is O[C@@H]1CC(Cn2ccnc2)C[C@H]1Nc1ncnc2cnccc12. The summed E-state index contributed by atoms with van der Waals surface area (Å²) in [5.74, 6) is 1.18. The zero-order chi connectivity index (χ0) is 15.6. The van der Waals surface area contributed by atoms with Crippen molar-refractivity contribution >= 4 is 16.7 Å². The van der Waals surface area contributed by atoms with Gasteiger partial charge in [0.15, 0.2) is 0 Å². The first kappa shape index (κ1) is 14.1. The molecule has 0 amide bonds. The second-order valence-corrected chi connectivity index (χ2v) is 6.03. The van der Waals surface area contributed by atoms with Gasteiger partial charge in [-0.3, -0.25) is 4.98 Å². The van der Waals surface area contributed by atoms with Gasteiger partial charge >= 0.3 is 0 Å². The van der Waals surface area contributed by atoms with Crippen molar-refractivity contribution in [1.29, 1.82) is 0 Å². The Hall–Kier alpha value is -2.54. The fraction of sp³-hybridized carbons (Fsp3) is 0.375. The van der Waals surface area contributed by atoms with Crippen LogP contribution in [-0.4, -0.2) is 41.8 Å². The van der Waals surface area contributed by atoms with Crippen LogP contribution in [0.25, 0.3) is 10.9 Å². The van der Waals surface area contributed by atoms with Crippen LogP contribution in [-0.2, 0) is 6.54 Å². The van der Waals surface area contributed by atoms with E-state index in [1.165, 1.54) is 6.33 Å². The molecule has 1 aliphatic rings. The van der Waals surface area contributed by atoms with Gasteiger partial charge in [-0.1, -0.05) is 0 Å². The molecule has 2 N–H and O–H groups in total. The van der Waals surface area contributed by atoms with Gasteiger partial charge in [0.05, 0.1) is 30.2 Å². The van der Waals surface area contributed by atoms with E-state index in [2.05, 4.69) is 29.8 Å². The zero-order valence-corrected chi connectivity index (χ0v) is 12.6. The van der Waals surface area contributed by atoms with E-state index >= 15 is 0 Å². The number of nitrogens with one attached hydrogen (secondary N) is 1. The lowest BCUT2D eigenvalue weighted by Gasteiger charge is -2.18. The predicted octanol–water partition coefficient (Wildman–Crippen LogP) is 1.47. The van der Waals surface area contributed by atoms with E-state index in [4.69, 9.17) is 0 Å². The van der Waals surface area contributed by atoms with Crippen LogP contribution in [0, 0.1) is 5.92 Å². The van der Waals surface area contributed by atoms with E-state index in [1.807, 2.05) is 18.6 Å². The first-order valence-corrected chi connectivity index (χ1v) is 7.74. The normalized spacial score (nSPS) is 24.1. The molecule has 1 fully saturated rings. The Labute approximate surface area is 133 Å². The number of hydrogen-bond donors (Lipinski definition) is 2. The summed E-state index contributed by atoms with van der Waals surface area (Å²) in [6, 6.07) is 1.89. The molecule has 0 radical (unpaired) electrons. The molecule has 3 heterocycles. The molecule has 0 aliphatic heterocycles. The van der Waals surface area contributed by atoms with E-state index in [9.17, 15) is 5.11 Å². The Morgan fingerprint density at radius 1 is 1.22 bits per heavy atom. The fourth-order valence-electron chi connectivity index (χ4n) is 3.31. The number of imidazole rings is 1. The number of fused-ring (bicyclic) bond motifs is 1. The maximum absolute atomic E-state index is 10.4. The lowest BCUT2D eigenvalue weighted by atomic mass is 10.1. The van der Waals surface area contributed by atoms with Crippen molar-refractivity contribution in [3.63, 3.8) is 0 Å². The molecule has 0 saturated heterocycles. The lowest BCUT2D eigenvalue weighted by molar-refractivity contribution is 0.166. The summed E-state index contributed by atoms with van der Waals surface area (Å²) in [6.07, 6.45) is 11.8. The van der Waals surface area contributed by atoms with Gasteiger partial charge in [-0.05, 0) is 24.8 Å². The van der Waals surface area contributed by atoms with Gasteiger partial charge < -0.3 is 15.0 Å². The van der Waals surface area contributed by atoms with Crippen LogP contribution in [0.3, 0.4) is 0 Å². The quantitative estimate of drug-likeness (QED) is 0.758. The van der Waals surface area contributed by atoms with Gasteiger partial charge in [-0.25, -0.2) is 15.0 Å². The third-order valence-corrected chi connectivity index (χ3v) is 4.42. The molecule has 0 aromatic carbocycles. The second kappa shape index (κ2) is 5.92. The monoisotopic (exact) mass is 310 g/mol. The van der Waals surface area contributed by atoms with Crippen LogP contribution in [0.15, 0.2) is 43.5 Å². The highest BCUT2D eigenvalue weighted by molar-refractivity contribution is 5.88. The Morgan fingerprint density at radius 3 is 3.04 bits per heavy atom. The topological polar surface area (TPSA) is 88.8 Å². The minimum absolute atomic E-state index is 0.00483. The van der Waals surface area contributed by atoms with Gasteiger partial charge in [0.1, 0.15) is 12.1 Å². The van der Waals surface area contributed by atoms with Gasteiger partial charge in [0.25, 0.3) is 0 Å². The Kier molecular flexibility index (Phi) is 3.63. The predicted molar refractivity (Wildman–Crippen MR) is 85.7 cm³/mol. The molecular formula is C16H18N6O. The fourth-order valence-corrected chi connectivity index (χ4v) is 3.31. The van der Waals surface area contributed by atoms with Crippen LogP contribution < -0.4 is 5.32 Å². The molecular weight excluding hydrogens is 292 g/mol. The van der Waals surface area contributed by atoms with Crippen LogP contribution in [0.4, 0.5) is 5.82 Å². The smallest absolute Gasteiger partial charge is 0.137 e. The standard InChI is InChI=1S/C16H18N6O/c23-15-6-11(8-22-4-3-18-10-22)5-13(15)21-16-12-1-2-17-7-14(12)19-9-20-16/h1-4,7,9-11,13,15,23H,5-6,8H2,(H,19,20,21)/t11?,13-,15-/m1/s1. The van der Waals surface area contributed by atoms with E-state index in [-0.39, 0.29) is 12.1 Å². The maximum atomic E-state index is 10.4. The van der Waals surface area contributed by atoms with Crippen LogP contribution in [0.5, 0.6) is 0 Å². The number of pyridine rings is 1. The summed E-state index contributed by atoms with van der Waals surface area (Å²) in [6.45, 7) is 0.879. The van der Waals surface area contributed by atoms with Crippen molar-refractivity contribution in [2.24, 2.45) is 5.92 Å². The molecule has 0 spiro atoms. The average Bonchev–Trinajstić information content (AvgIpc) is 3.18. The van der Waals surface area contributed by atoms with E-state index in [0.29, 0.717) is 5.92 Å². The van der Waals surface area contributed by atoms with Gasteiger partial charge in [-0.15, -0.1) is 0 Å². The summed E-state index contributed by atoms with van der Waals surface area (Å²) in [5, 5.41) is 14.7. The molecule has 0 bridgehead atoms. The molecule has 4 rings (SSSR count). The van der Waals surface area contributed by atoms with Crippen molar-refractivity contribution in [3.8, 4) is 0 Å². The first-order valence-electron chi connectivity index (χ1n) is 7.74. The van der Waals surface area contributed by atoms with Crippen LogP contribution in [0.1, 0.15) is 12.8 Å². The summed E-state index contributed by atoms with van der Waals surface area (Å²) < 4.78 is 2.06. The molecule has 3 atom stereocenters. The van der Waals surface area contributed by atoms with Gasteiger partial charge in [0.2, 0.25) is 0 Å². The maximum Gasteiger partial charge on any atom is 0.137 e. The third-order valence-electron chi connectivity index (χ3n) is 4.42. The van der Waals surface area contributed by atoms with Gasteiger partial charge in [0, 0.05) is 30.5 Å². The van der Waals surface area contributed by atoms with Crippen molar-refractivity contribution in [1.82, 2.24) is 24.5 Å². The Morgan fingerprint density at radius 2 is 2.17 bits per heavy atom. The number of aliphatic hydroxyl groups is 1. The number of nitrogens with zero attached hydrogens (tertiary/aromatic N) is 5. The number of anilines is 1. The molecule has 7 nitrogen and oxygen atoms in total. The van der Waals surface area contributed by atoms with E-state index in [0.717, 1.165) is 36.1 Å². The highest BCUT2D eigenvalue weighted by atomic mass is 16.3. The number of hydrogen-bond acceptors (Lipinski definition) is 6. The van der Waals surface area contributed by atoms with Crippen molar-refractivity contribution in [2.45, 2.75) is 31.5 Å². The number of aliphatic hydroxyl groups excluding tert-OH is 1. The highest BCUT2D eigenvalue weighted by Crippen LogP contribution is 2.30. The molecule has 3 aromatic heterocycles. The summed E-state index contributed by atoms with van der Waals surface area (Å²) >= 11 is 0. The van der Waals surface area contributed by atoms with Crippen molar-refractivity contribution in [3.05, 3.63) is 43.5 Å². The summed E-state index contributed by atoms with van der Waals surface area (Å²) in [5.41, 5.74) is 0.799. The highest BCUT2D eigenvalue weighted by Gasteiger charge is 2.33. The van der Waals surface area contributed by atoms with Gasteiger partial charge in [-0.2, -0.15) is 0 Å². The summed E-state index contributed by atoms with van der Waals surface area (Å²) in [4.78, 5) is 16.7. The van der Waals surface area contributed by atoms with Crippen molar-refractivity contribution in [2.75, 3.05) is 5.32 Å². The van der Waals surface area contributed by atoms with E-state index < -0.39 is 0 Å². The molecule has 23 heavy (non-hydrogen) atoms. The minimum Gasteiger partial charge on any atom is -0.391 e. The molecule has 3 aromatic rings.